The zero-order valence-electron chi connectivity index (χ0n) is 14.1. The van der Waals surface area contributed by atoms with E-state index in [2.05, 4.69) is 25.2 Å². The molecule has 1 N–H and O–H groups in total. The van der Waals surface area contributed by atoms with E-state index in [1.807, 2.05) is 19.9 Å². The first-order valence-electron chi connectivity index (χ1n) is 8.19. The van der Waals surface area contributed by atoms with Crippen LogP contribution in [0.2, 0.25) is 0 Å². The summed E-state index contributed by atoms with van der Waals surface area (Å²) >= 11 is 0. The third-order valence-electron chi connectivity index (χ3n) is 4.23. The van der Waals surface area contributed by atoms with E-state index in [4.69, 9.17) is 0 Å². The average molecular weight is 351 g/mol. The summed E-state index contributed by atoms with van der Waals surface area (Å²) in [5.41, 5.74) is 0.186. The second-order valence-corrected chi connectivity index (χ2v) is 6.22. The van der Waals surface area contributed by atoms with Crippen LogP contribution in [0.4, 0.5) is 24.8 Å². The normalized spacial score (nSPS) is 16.1. The maximum absolute atomic E-state index is 13.1. The fourth-order valence-electron chi connectivity index (χ4n) is 3.05. The van der Waals surface area contributed by atoms with Gasteiger partial charge in [0.05, 0.1) is 5.56 Å². The molecule has 0 spiro atoms. The highest BCUT2D eigenvalue weighted by molar-refractivity contribution is 5.47. The first-order chi connectivity index (χ1) is 11.8. The van der Waals surface area contributed by atoms with Crippen LogP contribution in [0.25, 0.3) is 0 Å². The lowest BCUT2D eigenvalue weighted by Crippen LogP contribution is -2.40. The van der Waals surface area contributed by atoms with Crippen LogP contribution in [-0.4, -0.2) is 34.1 Å². The molecule has 8 heteroatoms. The number of piperidine rings is 1. The minimum absolute atomic E-state index is 0.0451. The van der Waals surface area contributed by atoms with Crippen LogP contribution < -0.4 is 10.2 Å². The Balaban J connectivity index is 1.66. The van der Waals surface area contributed by atoms with E-state index < -0.39 is 11.7 Å². The second kappa shape index (κ2) is 6.85. The summed E-state index contributed by atoms with van der Waals surface area (Å²) in [5, 5.41) is 2.96. The molecule has 0 unspecified atom stereocenters. The van der Waals surface area contributed by atoms with Gasteiger partial charge in [-0.3, -0.25) is 0 Å². The van der Waals surface area contributed by atoms with Gasteiger partial charge in [0.15, 0.2) is 0 Å². The number of aromatic nitrogens is 3. The van der Waals surface area contributed by atoms with E-state index in [1.165, 1.54) is 12.3 Å². The Morgan fingerprint density at radius 2 is 1.88 bits per heavy atom. The van der Waals surface area contributed by atoms with Crippen LogP contribution in [-0.2, 0) is 6.18 Å². The van der Waals surface area contributed by atoms with Crippen molar-refractivity contribution in [2.45, 2.75) is 38.9 Å². The van der Waals surface area contributed by atoms with Crippen molar-refractivity contribution in [2.24, 2.45) is 0 Å². The first kappa shape index (κ1) is 17.4. The zero-order chi connectivity index (χ0) is 18.0. The van der Waals surface area contributed by atoms with Crippen LogP contribution in [0, 0.1) is 13.8 Å². The monoisotopic (exact) mass is 351 g/mol. The van der Waals surface area contributed by atoms with Crippen molar-refractivity contribution in [3.8, 4) is 0 Å². The van der Waals surface area contributed by atoms with Gasteiger partial charge in [-0.25, -0.2) is 15.0 Å². The maximum Gasteiger partial charge on any atom is 0.419 e. The lowest BCUT2D eigenvalue weighted by molar-refractivity contribution is -0.137. The predicted octanol–water partition coefficient (Wildman–Crippen LogP) is 3.59. The number of rotatable bonds is 3. The fraction of sp³-hybridized carbons (Fsp3) is 0.471. The Morgan fingerprint density at radius 3 is 2.52 bits per heavy atom. The molecular formula is C17H20F3N5. The molecule has 1 aliphatic heterocycles. The summed E-state index contributed by atoms with van der Waals surface area (Å²) in [4.78, 5) is 14.7. The van der Waals surface area contributed by atoms with Crippen LogP contribution in [0.5, 0.6) is 0 Å². The van der Waals surface area contributed by atoms with E-state index in [1.54, 1.807) is 0 Å². The third-order valence-corrected chi connectivity index (χ3v) is 4.23. The largest absolute Gasteiger partial charge is 0.419 e. The number of nitrogens with zero attached hydrogens (tertiary/aromatic N) is 4. The SMILES string of the molecule is Cc1cc(N2CCC(Nc3ncccc3C(F)(F)F)CC2)nc(C)n1. The van der Waals surface area contributed by atoms with E-state index >= 15 is 0 Å². The minimum atomic E-state index is -4.41. The topological polar surface area (TPSA) is 53.9 Å². The molecule has 2 aromatic rings. The van der Waals surface area contributed by atoms with Gasteiger partial charge in [-0.05, 0) is 38.8 Å². The molecule has 1 saturated heterocycles. The second-order valence-electron chi connectivity index (χ2n) is 6.22. The van der Waals surface area contributed by atoms with E-state index in [9.17, 15) is 13.2 Å². The summed E-state index contributed by atoms with van der Waals surface area (Å²) in [7, 11) is 0. The Morgan fingerprint density at radius 1 is 1.16 bits per heavy atom. The highest BCUT2D eigenvalue weighted by Gasteiger charge is 2.35. The fourth-order valence-corrected chi connectivity index (χ4v) is 3.05. The van der Waals surface area contributed by atoms with Crippen molar-refractivity contribution in [2.75, 3.05) is 23.3 Å². The molecule has 0 radical (unpaired) electrons. The van der Waals surface area contributed by atoms with Gasteiger partial charge in [0.2, 0.25) is 0 Å². The zero-order valence-corrected chi connectivity index (χ0v) is 14.1. The van der Waals surface area contributed by atoms with Gasteiger partial charge in [-0.15, -0.1) is 0 Å². The summed E-state index contributed by atoms with van der Waals surface area (Å²) in [6, 6.07) is 4.24. The summed E-state index contributed by atoms with van der Waals surface area (Å²) in [6.07, 6.45) is -1.60. The average Bonchev–Trinajstić information content (AvgIpc) is 2.54. The van der Waals surface area contributed by atoms with Crippen molar-refractivity contribution >= 4 is 11.6 Å². The molecule has 5 nitrogen and oxygen atoms in total. The van der Waals surface area contributed by atoms with Crippen LogP contribution in [0.1, 0.15) is 29.9 Å². The smallest absolute Gasteiger partial charge is 0.367 e. The van der Waals surface area contributed by atoms with Gasteiger partial charge in [0.1, 0.15) is 17.5 Å². The van der Waals surface area contributed by atoms with Crippen molar-refractivity contribution in [3.05, 3.63) is 41.5 Å². The quantitative estimate of drug-likeness (QED) is 0.916. The molecule has 0 saturated carbocycles. The molecule has 0 amide bonds. The Hall–Kier alpha value is -2.38. The molecule has 0 atom stereocenters. The molecule has 3 rings (SSSR count). The van der Waals surface area contributed by atoms with Crippen molar-refractivity contribution < 1.29 is 13.2 Å². The van der Waals surface area contributed by atoms with Gasteiger partial charge < -0.3 is 10.2 Å². The van der Waals surface area contributed by atoms with Gasteiger partial charge in [0, 0.05) is 37.1 Å². The number of hydrogen-bond acceptors (Lipinski definition) is 5. The standard InChI is InChI=1S/C17H20F3N5/c1-11-10-15(23-12(2)22-11)25-8-5-13(6-9-25)24-16-14(17(18,19)20)4-3-7-21-16/h3-4,7,10,13H,5-6,8-9H2,1-2H3,(H,21,24). The molecule has 25 heavy (non-hydrogen) atoms. The number of aryl methyl sites for hydroxylation is 2. The summed E-state index contributed by atoms with van der Waals surface area (Å²) < 4.78 is 39.2. The van der Waals surface area contributed by atoms with E-state index in [-0.39, 0.29) is 11.9 Å². The Kier molecular flexibility index (Phi) is 4.78. The number of halogens is 3. The minimum Gasteiger partial charge on any atom is -0.367 e. The lowest BCUT2D eigenvalue weighted by Gasteiger charge is -2.34. The molecule has 0 bridgehead atoms. The number of alkyl halides is 3. The predicted molar refractivity (Wildman–Crippen MR) is 89.6 cm³/mol. The van der Waals surface area contributed by atoms with E-state index in [0.29, 0.717) is 0 Å². The van der Waals surface area contributed by atoms with Crippen LogP contribution in [0.15, 0.2) is 24.4 Å². The molecule has 2 aromatic heterocycles. The highest BCUT2D eigenvalue weighted by Crippen LogP contribution is 2.34. The van der Waals surface area contributed by atoms with Gasteiger partial charge in [-0.2, -0.15) is 13.2 Å². The van der Waals surface area contributed by atoms with Crippen molar-refractivity contribution in [1.29, 1.82) is 0 Å². The number of nitrogens with one attached hydrogen (secondary N) is 1. The van der Waals surface area contributed by atoms with Crippen molar-refractivity contribution in [1.82, 2.24) is 15.0 Å². The van der Waals surface area contributed by atoms with Crippen LogP contribution in [0.3, 0.4) is 0 Å². The molecule has 1 aliphatic rings. The summed E-state index contributed by atoms with van der Waals surface area (Å²) in [5.74, 6) is 1.50. The first-order valence-corrected chi connectivity index (χ1v) is 8.19. The third kappa shape index (κ3) is 4.18. The van der Waals surface area contributed by atoms with Gasteiger partial charge in [-0.1, -0.05) is 0 Å². The number of pyridine rings is 1. The Labute approximate surface area is 144 Å². The van der Waals surface area contributed by atoms with Crippen LogP contribution >= 0.6 is 0 Å². The van der Waals surface area contributed by atoms with E-state index in [0.717, 1.165) is 49.3 Å². The maximum atomic E-state index is 13.1. The Bertz CT molecular complexity index is 719. The number of hydrogen-bond donors (Lipinski definition) is 1. The van der Waals surface area contributed by atoms with Gasteiger partial charge >= 0.3 is 6.18 Å². The number of anilines is 2. The lowest BCUT2D eigenvalue weighted by atomic mass is 10.0. The molecule has 134 valence electrons. The highest BCUT2D eigenvalue weighted by atomic mass is 19.4. The molecule has 0 aromatic carbocycles. The molecule has 3 heterocycles. The summed E-state index contributed by atoms with van der Waals surface area (Å²) in [6.45, 7) is 5.22. The van der Waals surface area contributed by atoms with Crippen molar-refractivity contribution in [3.63, 3.8) is 0 Å². The molecular weight excluding hydrogens is 331 g/mol. The molecule has 0 aliphatic carbocycles. The van der Waals surface area contributed by atoms with Gasteiger partial charge in [0.25, 0.3) is 0 Å². The molecule has 1 fully saturated rings.